The van der Waals surface area contributed by atoms with Gasteiger partial charge in [-0.3, -0.25) is 19.4 Å². The predicted molar refractivity (Wildman–Crippen MR) is 224 cm³/mol. The molecule has 1 saturated heterocycles. The lowest BCUT2D eigenvalue weighted by atomic mass is 9.83. The number of allylic oxidation sites excluding steroid dienone is 9. The summed E-state index contributed by atoms with van der Waals surface area (Å²) in [4.78, 5) is 50.0. The highest BCUT2D eigenvalue weighted by molar-refractivity contribution is 6.31. The second-order valence-electron chi connectivity index (χ2n) is 15.6. The number of rotatable bonds is 8. The van der Waals surface area contributed by atoms with Crippen LogP contribution < -0.4 is 9.80 Å². The molecule has 2 fully saturated rings. The average Bonchev–Trinajstić information content (AvgIpc) is 3.74. The molecule has 0 radical (unpaired) electrons. The fraction of sp³-hybridized carbons (Fsp3) is 0.400. The maximum Gasteiger partial charge on any atom is 0.333 e. The van der Waals surface area contributed by atoms with Gasteiger partial charge in [-0.05, 0) is 121 Å². The van der Waals surface area contributed by atoms with Crippen LogP contribution in [0.25, 0.3) is 10.4 Å². The molecule has 0 N–H and O–H groups in total. The molecular formula is C45H50ClN7O3. The lowest BCUT2D eigenvalue weighted by molar-refractivity contribution is -0.134. The minimum atomic E-state index is -0.649. The molecule has 2 aromatic rings. The number of halogens is 1. The highest BCUT2D eigenvalue weighted by atomic mass is 35.5. The quantitative estimate of drug-likeness (QED) is 0.0505. The SMILES string of the molecule is CCN1C(=CC=C2CCC(=CC=C3N(CC)c4ccc(C#CCCCCN=[N+]=[N-])cc4C3(C)C)C2=C2C(=O)N(C)C(=O)N(C)C2=O)C(C)(C)c2cc(Cl)ccc21. The van der Waals surface area contributed by atoms with Gasteiger partial charge >= 0.3 is 6.03 Å². The van der Waals surface area contributed by atoms with E-state index in [1.807, 2.05) is 12.1 Å². The lowest BCUT2D eigenvalue weighted by Gasteiger charge is -2.30. The summed E-state index contributed by atoms with van der Waals surface area (Å²) < 4.78 is 0. The van der Waals surface area contributed by atoms with Gasteiger partial charge in [0.15, 0.2) is 0 Å². The molecule has 3 aliphatic heterocycles. The van der Waals surface area contributed by atoms with Crippen LogP contribution in [0.3, 0.4) is 0 Å². The molecule has 1 aliphatic carbocycles. The number of hydrogen-bond donors (Lipinski definition) is 0. The van der Waals surface area contributed by atoms with Crippen molar-refractivity contribution in [2.75, 3.05) is 43.5 Å². The van der Waals surface area contributed by atoms with Crippen LogP contribution in [0.2, 0.25) is 5.02 Å². The first-order chi connectivity index (χ1) is 26.7. The van der Waals surface area contributed by atoms with Gasteiger partial charge in [0.05, 0.1) is 0 Å². The molecule has 4 aliphatic rings. The van der Waals surface area contributed by atoms with Crippen LogP contribution in [0, 0.1) is 11.8 Å². The molecule has 2 aromatic carbocycles. The smallest absolute Gasteiger partial charge is 0.333 e. The van der Waals surface area contributed by atoms with Crippen LogP contribution in [0.4, 0.5) is 16.2 Å². The molecule has 56 heavy (non-hydrogen) atoms. The molecule has 10 nitrogen and oxygen atoms in total. The Kier molecular flexibility index (Phi) is 11.4. The summed E-state index contributed by atoms with van der Waals surface area (Å²) in [5, 5.41) is 4.28. The van der Waals surface area contributed by atoms with E-state index in [1.165, 1.54) is 19.7 Å². The van der Waals surface area contributed by atoms with E-state index in [0.717, 1.165) is 87.2 Å². The van der Waals surface area contributed by atoms with Crippen LogP contribution in [0.15, 0.2) is 99.5 Å². The molecule has 290 valence electrons. The number of hydrogen-bond acceptors (Lipinski definition) is 6. The Hall–Kier alpha value is -5.49. The van der Waals surface area contributed by atoms with Gasteiger partial charge in [-0.25, -0.2) is 4.79 Å². The van der Waals surface area contributed by atoms with Crippen molar-refractivity contribution in [2.24, 2.45) is 5.11 Å². The van der Waals surface area contributed by atoms with E-state index in [2.05, 4.69) is 122 Å². The van der Waals surface area contributed by atoms with Gasteiger partial charge in [0.2, 0.25) is 0 Å². The molecule has 0 aromatic heterocycles. The highest BCUT2D eigenvalue weighted by Gasteiger charge is 2.43. The number of unbranched alkanes of at least 4 members (excludes halogenated alkanes) is 2. The molecule has 1 saturated carbocycles. The Morgan fingerprint density at radius 3 is 1.86 bits per heavy atom. The molecule has 6 rings (SSSR count). The first kappa shape index (κ1) is 40.2. The summed E-state index contributed by atoms with van der Waals surface area (Å²) in [6.45, 7) is 15.0. The number of fused-ring (bicyclic) bond motifs is 2. The Labute approximate surface area is 335 Å². The van der Waals surface area contributed by atoms with Gasteiger partial charge in [-0.15, -0.1) is 0 Å². The average molecular weight is 772 g/mol. The van der Waals surface area contributed by atoms with Crippen LogP contribution in [0.5, 0.6) is 0 Å². The van der Waals surface area contributed by atoms with E-state index in [4.69, 9.17) is 17.1 Å². The summed E-state index contributed by atoms with van der Waals surface area (Å²) in [7, 11) is 2.84. The van der Waals surface area contributed by atoms with Gasteiger partial charge in [0.1, 0.15) is 5.57 Å². The normalized spacial score (nSPS) is 21.4. The van der Waals surface area contributed by atoms with Gasteiger partial charge in [0, 0.05) is 89.2 Å². The number of carbonyl (C=O) groups is 3. The van der Waals surface area contributed by atoms with Crippen molar-refractivity contribution in [2.45, 2.75) is 84.5 Å². The van der Waals surface area contributed by atoms with Crippen molar-refractivity contribution in [3.05, 3.63) is 127 Å². The number of amides is 4. The fourth-order valence-electron chi connectivity index (χ4n) is 8.47. The second-order valence-corrected chi connectivity index (χ2v) is 16.0. The topological polar surface area (TPSA) is 113 Å². The van der Waals surface area contributed by atoms with E-state index in [9.17, 15) is 14.4 Å². The third kappa shape index (κ3) is 7.06. The third-order valence-electron chi connectivity index (χ3n) is 11.5. The number of benzene rings is 2. The molecule has 4 amide bonds. The van der Waals surface area contributed by atoms with Crippen molar-refractivity contribution < 1.29 is 14.4 Å². The number of nitrogens with zero attached hydrogens (tertiary/aromatic N) is 7. The van der Waals surface area contributed by atoms with Crippen molar-refractivity contribution in [3.8, 4) is 11.8 Å². The number of likely N-dealkylation sites (N-methyl/N-ethyl adjacent to an activating group) is 4. The van der Waals surface area contributed by atoms with Crippen molar-refractivity contribution in [1.82, 2.24) is 9.80 Å². The minimum Gasteiger partial charge on any atom is -0.344 e. The Bertz CT molecular complexity index is 2250. The van der Waals surface area contributed by atoms with E-state index in [-0.39, 0.29) is 16.4 Å². The largest absolute Gasteiger partial charge is 0.344 e. The number of anilines is 2. The zero-order valence-electron chi connectivity index (χ0n) is 33.7. The summed E-state index contributed by atoms with van der Waals surface area (Å²) >= 11 is 6.46. The predicted octanol–water partition coefficient (Wildman–Crippen LogP) is 9.87. The van der Waals surface area contributed by atoms with Crippen molar-refractivity contribution in [1.29, 1.82) is 0 Å². The standard InChI is InChI=1S/C45H50ClN7O3/c1-9-52-35-22-16-29(15-13-11-12-14-26-48-49-47)27-33(35)44(3,4)37(52)24-19-30-17-18-31(39(30)40-41(54)50(7)43(56)51(8)42(40)55)20-25-38-45(5,6)34-28-32(46)21-23-36(34)53(38)10-2/h16,19-25,27-28H,9-12,14,17-18,26H2,1-8H3. The Balaban J connectivity index is 1.41. The van der Waals surface area contributed by atoms with Crippen LogP contribution >= 0.6 is 11.6 Å². The van der Waals surface area contributed by atoms with E-state index in [0.29, 0.717) is 30.0 Å². The molecular weight excluding hydrogens is 722 g/mol. The van der Waals surface area contributed by atoms with Gasteiger partial charge in [-0.2, -0.15) is 0 Å². The van der Waals surface area contributed by atoms with Crippen molar-refractivity contribution >= 4 is 40.8 Å². The Morgan fingerprint density at radius 2 is 1.32 bits per heavy atom. The maximum atomic E-state index is 13.9. The first-order valence-electron chi connectivity index (χ1n) is 19.4. The van der Waals surface area contributed by atoms with E-state index in [1.54, 1.807) is 0 Å². The lowest BCUT2D eigenvalue weighted by Crippen LogP contribution is -2.53. The zero-order valence-corrected chi connectivity index (χ0v) is 34.4. The Morgan fingerprint density at radius 1 is 0.786 bits per heavy atom. The van der Waals surface area contributed by atoms with E-state index >= 15 is 0 Å². The number of azide groups is 1. The molecule has 0 spiro atoms. The van der Waals surface area contributed by atoms with Crippen LogP contribution in [-0.4, -0.2) is 61.4 Å². The fourth-order valence-corrected chi connectivity index (χ4v) is 8.64. The van der Waals surface area contributed by atoms with Gasteiger partial charge in [-0.1, -0.05) is 68.4 Å². The van der Waals surface area contributed by atoms with E-state index < -0.39 is 17.8 Å². The zero-order chi connectivity index (χ0) is 40.5. The van der Waals surface area contributed by atoms with Gasteiger partial charge < -0.3 is 9.80 Å². The maximum absolute atomic E-state index is 13.9. The molecule has 3 heterocycles. The minimum absolute atomic E-state index is 0.0109. The monoisotopic (exact) mass is 771 g/mol. The highest BCUT2D eigenvalue weighted by Crippen LogP contribution is 2.50. The number of urea groups is 1. The summed E-state index contributed by atoms with van der Waals surface area (Å²) in [5.74, 6) is 5.39. The van der Waals surface area contributed by atoms with Crippen LogP contribution in [0.1, 0.15) is 90.3 Å². The second kappa shape index (κ2) is 15.9. The molecule has 11 heteroatoms. The molecule has 0 unspecified atom stereocenters. The summed E-state index contributed by atoms with van der Waals surface area (Å²) in [6, 6.07) is 11.7. The third-order valence-corrected chi connectivity index (χ3v) is 11.8. The summed E-state index contributed by atoms with van der Waals surface area (Å²) in [5.41, 5.74) is 17.8. The van der Waals surface area contributed by atoms with Crippen molar-refractivity contribution in [3.63, 3.8) is 0 Å². The number of carbonyl (C=O) groups excluding carboxylic acids is 3. The molecule has 0 atom stereocenters. The van der Waals surface area contributed by atoms with Crippen LogP contribution in [-0.2, 0) is 20.4 Å². The number of barbiturate groups is 1. The number of imide groups is 2. The molecule has 0 bridgehead atoms. The first-order valence-corrected chi connectivity index (χ1v) is 19.7. The van der Waals surface area contributed by atoms with Gasteiger partial charge in [0.25, 0.3) is 11.8 Å². The summed E-state index contributed by atoms with van der Waals surface area (Å²) in [6.07, 6.45) is 12.0.